The van der Waals surface area contributed by atoms with Crippen LogP contribution in [-0.2, 0) is 12.8 Å². The fourth-order valence-electron chi connectivity index (χ4n) is 5.94. The summed E-state index contributed by atoms with van der Waals surface area (Å²) in [4.78, 5) is 5.15. The van der Waals surface area contributed by atoms with Gasteiger partial charge in [-0.3, -0.25) is 4.98 Å². The molecule has 1 aromatic carbocycles. The molecule has 0 unspecified atom stereocenters. The summed E-state index contributed by atoms with van der Waals surface area (Å²) in [7, 11) is 0. The summed E-state index contributed by atoms with van der Waals surface area (Å²) in [6.07, 6.45) is 5.47. The van der Waals surface area contributed by atoms with Gasteiger partial charge in [0.2, 0.25) is 0 Å². The van der Waals surface area contributed by atoms with Crippen molar-refractivity contribution >= 4 is 34.8 Å². The first-order chi connectivity index (χ1) is 12.1. The molecule has 0 aliphatic heterocycles. The van der Waals surface area contributed by atoms with Crippen LogP contribution < -0.4 is 0 Å². The standard InChI is InChI=1S/C21H18Cl3N/c22-19-17-18-16(13-10-20(23,24)21(13,17)19)15(11-6-2-1-3-7-11)12-8-4-5-9-14(12)25-18/h1-3,6-7,13,17,19H,4-5,8-10H2/t13-,17+,19-,21-/m1/s1. The second-order valence-corrected chi connectivity index (χ2v) is 10.0. The molecule has 4 aliphatic carbocycles. The average Bonchev–Trinajstić information content (AvgIpc) is 3.20. The van der Waals surface area contributed by atoms with Gasteiger partial charge in [-0.25, -0.2) is 0 Å². The Balaban J connectivity index is 1.65. The van der Waals surface area contributed by atoms with Gasteiger partial charge in [-0.1, -0.05) is 30.3 Å². The van der Waals surface area contributed by atoms with E-state index in [0.717, 1.165) is 19.3 Å². The van der Waals surface area contributed by atoms with Gasteiger partial charge in [0.1, 0.15) is 4.33 Å². The molecule has 2 aromatic rings. The number of nitrogens with zero attached hydrogens (tertiary/aromatic N) is 1. The van der Waals surface area contributed by atoms with E-state index >= 15 is 0 Å². The summed E-state index contributed by atoms with van der Waals surface area (Å²) < 4.78 is -0.704. The first-order valence-corrected chi connectivity index (χ1v) is 10.4. The minimum atomic E-state index is -0.704. The molecular formula is C21H18Cl3N. The number of benzene rings is 1. The van der Waals surface area contributed by atoms with E-state index < -0.39 is 4.33 Å². The molecule has 2 fully saturated rings. The molecule has 1 heterocycles. The summed E-state index contributed by atoms with van der Waals surface area (Å²) in [5, 5.41) is 0.0338. The quantitative estimate of drug-likeness (QED) is 0.545. The lowest BCUT2D eigenvalue weighted by Crippen LogP contribution is -2.47. The third-order valence-electron chi connectivity index (χ3n) is 7.07. The molecule has 0 amide bonds. The van der Waals surface area contributed by atoms with E-state index in [9.17, 15) is 0 Å². The third-order valence-corrected chi connectivity index (χ3v) is 8.65. The fourth-order valence-corrected chi connectivity index (χ4v) is 7.82. The maximum atomic E-state index is 6.73. The topological polar surface area (TPSA) is 12.9 Å². The Kier molecular flexibility index (Phi) is 2.90. The van der Waals surface area contributed by atoms with Gasteiger partial charge in [0.05, 0.1) is 11.1 Å². The number of aryl methyl sites for hydroxylation is 1. The molecule has 128 valence electrons. The number of hydrogen-bond acceptors (Lipinski definition) is 1. The highest BCUT2D eigenvalue weighted by Crippen LogP contribution is 2.89. The van der Waals surface area contributed by atoms with Crippen molar-refractivity contribution in [2.24, 2.45) is 5.41 Å². The molecule has 25 heavy (non-hydrogen) atoms. The zero-order valence-electron chi connectivity index (χ0n) is 13.7. The molecule has 0 bridgehead atoms. The lowest BCUT2D eigenvalue weighted by Gasteiger charge is -2.48. The summed E-state index contributed by atoms with van der Waals surface area (Å²) >= 11 is 20.1. The minimum Gasteiger partial charge on any atom is -0.257 e. The predicted molar refractivity (Wildman–Crippen MR) is 103 cm³/mol. The summed E-state index contributed by atoms with van der Waals surface area (Å²) in [5.74, 6) is 0.590. The smallest absolute Gasteiger partial charge is 0.127 e. The van der Waals surface area contributed by atoms with Crippen LogP contribution in [0.2, 0.25) is 0 Å². The zero-order chi connectivity index (χ0) is 17.0. The Morgan fingerprint density at radius 2 is 1.80 bits per heavy atom. The van der Waals surface area contributed by atoms with Crippen molar-refractivity contribution in [1.82, 2.24) is 4.98 Å². The number of hydrogen-bond donors (Lipinski definition) is 0. The average molecular weight is 391 g/mol. The van der Waals surface area contributed by atoms with Gasteiger partial charge >= 0.3 is 0 Å². The fraction of sp³-hybridized carbons (Fsp3) is 0.476. The highest BCUT2D eigenvalue weighted by atomic mass is 35.5. The van der Waals surface area contributed by atoms with E-state index in [1.54, 1.807) is 0 Å². The number of aromatic nitrogens is 1. The highest BCUT2D eigenvalue weighted by Gasteiger charge is 2.87. The van der Waals surface area contributed by atoms with Gasteiger partial charge in [-0.05, 0) is 60.3 Å². The van der Waals surface area contributed by atoms with Gasteiger partial charge in [-0.15, -0.1) is 34.8 Å². The van der Waals surface area contributed by atoms with Crippen LogP contribution in [0.1, 0.15) is 53.6 Å². The van der Waals surface area contributed by atoms with Crippen molar-refractivity contribution < 1.29 is 0 Å². The molecule has 6 rings (SSSR count). The maximum absolute atomic E-state index is 6.73. The summed E-state index contributed by atoms with van der Waals surface area (Å²) in [5.41, 5.74) is 7.90. The Labute approximate surface area is 162 Å². The number of halogens is 3. The molecule has 1 spiro atoms. The van der Waals surface area contributed by atoms with Crippen molar-refractivity contribution in [2.75, 3.05) is 0 Å². The van der Waals surface area contributed by atoms with E-state index in [0.29, 0.717) is 5.92 Å². The molecule has 4 heteroatoms. The molecule has 4 atom stereocenters. The number of rotatable bonds is 1. The SMILES string of the molecule is Cl[C@@H]1[C@@H]2c3nc4c(c(-c5ccccc5)c3[C@H]3CC(Cl)(Cl)[C@@]312)CCCC4. The first-order valence-electron chi connectivity index (χ1n) is 9.20. The summed E-state index contributed by atoms with van der Waals surface area (Å²) in [6, 6.07) is 10.8. The van der Waals surface area contributed by atoms with Crippen LogP contribution in [0, 0.1) is 5.41 Å². The van der Waals surface area contributed by atoms with Crippen LogP contribution in [0.3, 0.4) is 0 Å². The monoisotopic (exact) mass is 389 g/mol. The van der Waals surface area contributed by atoms with Crippen LogP contribution in [0.25, 0.3) is 11.1 Å². The van der Waals surface area contributed by atoms with Crippen molar-refractivity contribution in [3.63, 3.8) is 0 Å². The van der Waals surface area contributed by atoms with Crippen LogP contribution in [0.5, 0.6) is 0 Å². The Bertz CT molecular complexity index is 907. The van der Waals surface area contributed by atoms with Crippen molar-refractivity contribution in [2.45, 2.75) is 53.7 Å². The molecule has 1 aromatic heterocycles. The van der Waals surface area contributed by atoms with Crippen LogP contribution in [-0.4, -0.2) is 14.7 Å². The lowest BCUT2D eigenvalue weighted by molar-refractivity contribution is 0.212. The zero-order valence-corrected chi connectivity index (χ0v) is 16.0. The molecule has 0 radical (unpaired) electrons. The van der Waals surface area contributed by atoms with Crippen molar-refractivity contribution in [3.05, 3.63) is 52.8 Å². The van der Waals surface area contributed by atoms with Gasteiger partial charge in [-0.2, -0.15) is 0 Å². The van der Waals surface area contributed by atoms with E-state index in [2.05, 4.69) is 30.3 Å². The highest BCUT2D eigenvalue weighted by molar-refractivity contribution is 6.51. The van der Waals surface area contributed by atoms with Gasteiger partial charge in [0.15, 0.2) is 0 Å². The number of fused-ring (bicyclic) bond motifs is 4. The van der Waals surface area contributed by atoms with Gasteiger partial charge in [0, 0.05) is 17.0 Å². The molecule has 0 N–H and O–H groups in total. The second-order valence-electron chi connectivity index (χ2n) is 8.06. The van der Waals surface area contributed by atoms with E-state index in [1.165, 1.54) is 46.5 Å². The van der Waals surface area contributed by atoms with Crippen molar-refractivity contribution in [3.8, 4) is 11.1 Å². The third kappa shape index (κ3) is 1.63. The maximum Gasteiger partial charge on any atom is 0.127 e. The molecule has 1 nitrogen and oxygen atoms in total. The summed E-state index contributed by atoms with van der Waals surface area (Å²) in [6.45, 7) is 0. The van der Waals surface area contributed by atoms with Crippen LogP contribution >= 0.6 is 34.8 Å². The molecule has 2 saturated carbocycles. The largest absolute Gasteiger partial charge is 0.257 e. The minimum absolute atomic E-state index is 0.0338. The van der Waals surface area contributed by atoms with E-state index in [-0.39, 0.29) is 16.7 Å². The van der Waals surface area contributed by atoms with E-state index in [4.69, 9.17) is 39.8 Å². The predicted octanol–water partition coefficient (Wildman–Crippen LogP) is 5.99. The van der Waals surface area contributed by atoms with Crippen LogP contribution in [0.4, 0.5) is 0 Å². The Hall–Kier alpha value is -0.760. The molecular weight excluding hydrogens is 373 g/mol. The Morgan fingerprint density at radius 1 is 1.04 bits per heavy atom. The van der Waals surface area contributed by atoms with Crippen LogP contribution in [0.15, 0.2) is 30.3 Å². The molecule has 0 saturated heterocycles. The Morgan fingerprint density at radius 3 is 2.56 bits per heavy atom. The first kappa shape index (κ1) is 15.3. The van der Waals surface area contributed by atoms with Gasteiger partial charge < -0.3 is 0 Å². The second kappa shape index (κ2) is 4.74. The van der Waals surface area contributed by atoms with Crippen molar-refractivity contribution in [1.29, 1.82) is 0 Å². The number of pyridine rings is 1. The van der Waals surface area contributed by atoms with E-state index in [1.807, 2.05) is 0 Å². The normalized spacial score (nSPS) is 35.9. The number of alkyl halides is 3. The van der Waals surface area contributed by atoms with Gasteiger partial charge in [0.25, 0.3) is 0 Å². The lowest BCUT2D eigenvalue weighted by atomic mass is 9.66. The molecule has 4 aliphatic rings.